The monoisotopic (exact) mass is 810 g/mol. The molecule has 6 atom stereocenters. The number of carboxylic acids is 1. The number of aliphatic carboxylic acids is 1. The molecule has 1 aromatic carbocycles. The number of carboxylic acid groups (broad SMARTS) is 1. The highest BCUT2D eigenvalue weighted by Gasteiger charge is 2.39. The SMILES string of the molecule is CCCCNC(=O)CN(C(=O)[C@@H](NC(=O)[C@H]1CCCCN1C)[C@@H](C)CC)[C@H](C[C@@H](OC(C)=O)c1nc(C(=O)N[C@H](/C=C/C(=O)O)Cc2ccccc2)cs1)C(C)C. The molecule has 0 spiro atoms. The van der Waals surface area contributed by atoms with E-state index >= 15 is 0 Å². The second-order valence-electron chi connectivity index (χ2n) is 15.2. The fourth-order valence-corrected chi connectivity index (χ4v) is 7.72. The lowest BCUT2D eigenvalue weighted by Crippen LogP contribution is -2.60. The highest BCUT2D eigenvalue weighted by Crippen LogP contribution is 2.32. The van der Waals surface area contributed by atoms with Gasteiger partial charge in [0.2, 0.25) is 17.7 Å². The minimum atomic E-state index is -1.15. The van der Waals surface area contributed by atoms with E-state index in [1.54, 1.807) is 0 Å². The van der Waals surface area contributed by atoms with Crippen molar-refractivity contribution in [3.8, 4) is 0 Å². The van der Waals surface area contributed by atoms with Crippen LogP contribution < -0.4 is 16.0 Å². The molecule has 2 heterocycles. The first-order valence-corrected chi connectivity index (χ1v) is 21.0. The average Bonchev–Trinajstić information content (AvgIpc) is 3.67. The van der Waals surface area contributed by atoms with Crippen LogP contribution in [0.3, 0.4) is 0 Å². The minimum absolute atomic E-state index is 0.0468. The molecule has 14 nitrogen and oxygen atoms in total. The van der Waals surface area contributed by atoms with Crippen molar-refractivity contribution in [1.82, 2.24) is 30.7 Å². The second kappa shape index (κ2) is 23.6. The zero-order valence-electron chi connectivity index (χ0n) is 34.5. The number of nitrogens with one attached hydrogen (secondary N) is 3. The van der Waals surface area contributed by atoms with Crippen molar-refractivity contribution in [3.63, 3.8) is 0 Å². The van der Waals surface area contributed by atoms with Gasteiger partial charge in [0, 0.05) is 37.4 Å². The Labute approximate surface area is 341 Å². The number of unbranched alkanes of at least 4 members (excludes halogenated alkanes) is 1. The number of ether oxygens (including phenoxy) is 1. The number of esters is 1. The van der Waals surface area contributed by atoms with Gasteiger partial charge in [0.05, 0.1) is 18.6 Å². The largest absolute Gasteiger partial charge is 0.478 e. The number of piperidine rings is 1. The van der Waals surface area contributed by atoms with E-state index in [4.69, 9.17) is 4.74 Å². The lowest BCUT2D eigenvalue weighted by atomic mass is 9.92. The summed E-state index contributed by atoms with van der Waals surface area (Å²) in [6.07, 6.45) is 6.63. The van der Waals surface area contributed by atoms with Crippen LogP contribution in [0, 0.1) is 11.8 Å². The first-order chi connectivity index (χ1) is 27.1. The Morgan fingerprint density at radius 1 is 1.07 bits per heavy atom. The number of benzene rings is 1. The van der Waals surface area contributed by atoms with E-state index in [2.05, 4.69) is 20.9 Å². The van der Waals surface area contributed by atoms with Crippen molar-refractivity contribution in [2.75, 3.05) is 26.7 Å². The van der Waals surface area contributed by atoms with Crippen LogP contribution in [0.25, 0.3) is 0 Å². The van der Waals surface area contributed by atoms with Crippen LogP contribution in [0.4, 0.5) is 0 Å². The van der Waals surface area contributed by atoms with E-state index in [-0.39, 0.29) is 48.4 Å². The summed E-state index contributed by atoms with van der Waals surface area (Å²) in [4.78, 5) is 87.4. The maximum atomic E-state index is 14.8. The quantitative estimate of drug-likeness (QED) is 0.0724. The molecule has 15 heteroatoms. The number of carbonyl (C=O) groups excluding carboxylic acids is 5. The first kappa shape index (κ1) is 46.8. The van der Waals surface area contributed by atoms with E-state index in [1.165, 1.54) is 23.3 Å². The van der Waals surface area contributed by atoms with Crippen molar-refractivity contribution in [2.45, 2.75) is 123 Å². The van der Waals surface area contributed by atoms with Gasteiger partial charge in [0.15, 0.2) is 6.10 Å². The highest BCUT2D eigenvalue weighted by atomic mass is 32.1. The predicted molar refractivity (Wildman–Crippen MR) is 219 cm³/mol. The molecular weight excluding hydrogens is 749 g/mol. The maximum absolute atomic E-state index is 14.8. The topological polar surface area (TPSA) is 187 Å². The predicted octanol–water partition coefficient (Wildman–Crippen LogP) is 4.90. The Kier molecular flexibility index (Phi) is 19.3. The van der Waals surface area contributed by atoms with Gasteiger partial charge in [-0.2, -0.15) is 0 Å². The molecule has 1 aliphatic rings. The number of likely N-dealkylation sites (tertiary alicyclic amines) is 1. The summed E-state index contributed by atoms with van der Waals surface area (Å²) in [5.74, 6) is -3.76. The van der Waals surface area contributed by atoms with Crippen molar-refractivity contribution >= 4 is 46.9 Å². The Balaban J connectivity index is 1.96. The summed E-state index contributed by atoms with van der Waals surface area (Å²) in [6, 6.07) is 6.73. The normalized spacial score (nSPS) is 17.2. The summed E-state index contributed by atoms with van der Waals surface area (Å²) in [7, 11) is 1.91. The third-order valence-electron chi connectivity index (χ3n) is 10.3. The molecular formula is C42H62N6O8S. The van der Waals surface area contributed by atoms with Crippen LogP contribution in [0.15, 0.2) is 47.9 Å². The molecule has 4 amide bonds. The van der Waals surface area contributed by atoms with Crippen molar-refractivity contribution in [3.05, 3.63) is 64.1 Å². The number of amides is 4. The molecule has 1 aliphatic heterocycles. The highest BCUT2D eigenvalue weighted by molar-refractivity contribution is 7.09. The molecule has 0 bridgehead atoms. The molecule has 0 saturated carbocycles. The molecule has 57 heavy (non-hydrogen) atoms. The number of thiazole rings is 1. The Morgan fingerprint density at radius 3 is 2.40 bits per heavy atom. The number of carbonyl (C=O) groups is 6. The van der Waals surface area contributed by atoms with Gasteiger partial charge in [-0.15, -0.1) is 11.3 Å². The smallest absolute Gasteiger partial charge is 0.328 e. The van der Waals surface area contributed by atoms with Gasteiger partial charge in [-0.3, -0.25) is 28.9 Å². The number of aromatic nitrogens is 1. The minimum Gasteiger partial charge on any atom is -0.478 e. The van der Waals surface area contributed by atoms with Gasteiger partial charge in [0.1, 0.15) is 16.7 Å². The summed E-state index contributed by atoms with van der Waals surface area (Å²) in [5.41, 5.74) is 0.937. The van der Waals surface area contributed by atoms with Crippen LogP contribution in [0.5, 0.6) is 0 Å². The van der Waals surface area contributed by atoms with Gasteiger partial charge in [-0.1, -0.05) is 90.3 Å². The van der Waals surface area contributed by atoms with Crippen LogP contribution in [0.1, 0.15) is 114 Å². The third-order valence-corrected chi connectivity index (χ3v) is 11.3. The van der Waals surface area contributed by atoms with Crippen molar-refractivity contribution in [1.29, 1.82) is 0 Å². The third kappa shape index (κ3) is 15.0. The van der Waals surface area contributed by atoms with Gasteiger partial charge < -0.3 is 30.7 Å². The van der Waals surface area contributed by atoms with Crippen LogP contribution in [0.2, 0.25) is 0 Å². The van der Waals surface area contributed by atoms with Gasteiger partial charge in [-0.05, 0) is 56.7 Å². The zero-order valence-corrected chi connectivity index (χ0v) is 35.3. The molecule has 1 saturated heterocycles. The van der Waals surface area contributed by atoms with E-state index in [1.807, 2.05) is 76.9 Å². The van der Waals surface area contributed by atoms with Crippen LogP contribution in [-0.4, -0.2) is 106 Å². The summed E-state index contributed by atoms with van der Waals surface area (Å²) in [6.45, 7) is 11.9. The first-order valence-electron chi connectivity index (χ1n) is 20.1. The lowest BCUT2D eigenvalue weighted by Gasteiger charge is -2.39. The maximum Gasteiger partial charge on any atom is 0.328 e. The molecule has 1 aromatic heterocycles. The Hall–Kier alpha value is -4.63. The average molecular weight is 811 g/mol. The van der Waals surface area contributed by atoms with Crippen molar-refractivity contribution in [2.24, 2.45) is 11.8 Å². The van der Waals surface area contributed by atoms with Crippen molar-refractivity contribution < 1.29 is 38.6 Å². The van der Waals surface area contributed by atoms with E-state index < -0.39 is 48.0 Å². The summed E-state index contributed by atoms with van der Waals surface area (Å²) < 4.78 is 5.82. The molecule has 0 unspecified atom stereocenters. The fourth-order valence-electron chi connectivity index (χ4n) is 6.89. The summed E-state index contributed by atoms with van der Waals surface area (Å²) in [5, 5.41) is 19.9. The molecule has 0 aliphatic carbocycles. The van der Waals surface area contributed by atoms with Gasteiger partial charge in [-0.25, -0.2) is 9.78 Å². The number of nitrogens with zero attached hydrogens (tertiary/aromatic N) is 3. The Morgan fingerprint density at radius 2 is 1.79 bits per heavy atom. The van der Waals surface area contributed by atoms with E-state index in [0.717, 1.165) is 55.2 Å². The van der Waals surface area contributed by atoms with Gasteiger partial charge in [0.25, 0.3) is 5.91 Å². The standard InChI is InChI=1S/C42H62N6O8S/c1-8-10-21-43-36(50)25-48(42(55)38(28(5)9-2)46-40(54)33-18-14-15-22-47(33)7)34(27(3)4)24-35(56-29(6)49)41-45-32(26-57-41)39(53)44-31(19-20-37(51)52)23-30-16-12-11-13-17-30/h11-13,16-17,19-20,26-28,31,33-35,38H,8-10,14-15,18,21-25H2,1-7H3,(H,43,50)(H,44,53)(H,46,54)(H,51,52)/b20-19+/t28-,31+,33+,34+,35+,38-/m0/s1. The fraction of sp³-hybridized carbons (Fsp3) is 0.595. The Bertz CT molecular complexity index is 1670. The molecule has 4 N–H and O–H groups in total. The molecule has 3 rings (SSSR count). The number of hydrogen-bond donors (Lipinski definition) is 4. The van der Waals surface area contributed by atoms with Gasteiger partial charge >= 0.3 is 11.9 Å². The van der Waals surface area contributed by atoms with Crippen LogP contribution in [-0.2, 0) is 35.1 Å². The lowest BCUT2D eigenvalue weighted by molar-refractivity contribution is -0.151. The molecule has 1 fully saturated rings. The second-order valence-corrected chi connectivity index (χ2v) is 16.1. The zero-order chi connectivity index (χ0) is 42.1. The molecule has 2 aromatic rings. The van der Waals surface area contributed by atoms with E-state index in [0.29, 0.717) is 30.8 Å². The van der Waals surface area contributed by atoms with Crippen LogP contribution >= 0.6 is 11.3 Å². The number of hydrogen-bond acceptors (Lipinski definition) is 10. The summed E-state index contributed by atoms with van der Waals surface area (Å²) >= 11 is 1.11. The molecule has 0 radical (unpaired) electrons. The molecule has 314 valence electrons. The number of rotatable bonds is 22. The van der Waals surface area contributed by atoms with E-state index in [9.17, 15) is 33.9 Å². The number of likely N-dealkylation sites (N-methyl/N-ethyl adjacent to an activating group) is 1.